The number of anilines is 1. The number of fused-ring (bicyclic) bond motifs is 1. The molecule has 0 saturated carbocycles. The molecule has 2 heterocycles. The molecule has 2 aromatic rings. The highest BCUT2D eigenvalue weighted by Gasteiger charge is 2.34. The molecule has 8 nitrogen and oxygen atoms in total. The van der Waals surface area contributed by atoms with Crippen molar-refractivity contribution in [3.8, 4) is 5.75 Å². The maximum atomic E-state index is 13.2. The molecule has 9 heteroatoms. The van der Waals surface area contributed by atoms with Gasteiger partial charge in [0.15, 0.2) is 6.10 Å². The van der Waals surface area contributed by atoms with Crippen LogP contribution < -0.4 is 15.4 Å². The average Bonchev–Trinajstić information content (AvgIpc) is 2.79. The van der Waals surface area contributed by atoms with Crippen LogP contribution in [0.5, 0.6) is 5.75 Å². The van der Waals surface area contributed by atoms with E-state index in [4.69, 9.17) is 4.74 Å². The average molecular weight is 458 g/mol. The molecular weight excluding hydrogens is 430 g/mol. The van der Waals surface area contributed by atoms with Crippen LogP contribution in [0, 0.1) is 12.8 Å². The fourth-order valence-corrected chi connectivity index (χ4v) is 5.46. The van der Waals surface area contributed by atoms with Crippen LogP contribution in [-0.4, -0.2) is 43.7 Å². The van der Waals surface area contributed by atoms with Crippen LogP contribution in [0.1, 0.15) is 30.9 Å². The summed E-state index contributed by atoms with van der Waals surface area (Å²) in [7, 11) is -3.82. The van der Waals surface area contributed by atoms with E-state index in [-0.39, 0.29) is 23.3 Å². The number of ether oxygens (including phenoxy) is 1. The third-order valence-electron chi connectivity index (χ3n) is 5.86. The fraction of sp³-hybridized carbons (Fsp3) is 0.391. The van der Waals surface area contributed by atoms with Gasteiger partial charge in [-0.3, -0.25) is 9.59 Å². The van der Waals surface area contributed by atoms with Crippen molar-refractivity contribution in [3.63, 3.8) is 0 Å². The number of carbonyl (C=O) groups excluding carboxylic acids is 2. The number of rotatable bonds is 5. The van der Waals surface area contributed by atoms with Crippen molar-refractivity contribution in [1.82, 2.24) is 9.62 Å². The summed E-state index contributed by atoms with van der Waals surface area (Å²) in [5, 5.41) is 5.60. The molecule has 0 bridgehead atoms. The lowest BCUT2D eigenvalue weighted by atomic mass is 9.98. The molecule has 0 radical (unpaired) electrons. The minimum Gasteiger partial charge on any atom is -0.479 e. The molecule has 1 saturated heterocycles. The molecule has 2 aliphatic heterocycles. The van der Waals surface area contributed by atoms with Crippen molar-refractivity contribution < 1.29 is 22.7 Å². The second-order valence-corrected chi connectivity index (χ2v) is 10.3. The zero-order valence-electron chi connectivity index (χ0n) is 18.1. The highest BCUT2D eigenvalue weighted by molar-refractivity contribution is 7.89. The van der Waals surface area contributed by atoms with E-state index in [0.717, 1.165) is 11.1 Å². The highest BCUT2D eigenvalue weighted by Crippen LogP contribution is 2.33. The monoisotopic (exact) mass is 457 g/mol. The topological polar surface area (TPSA) is 105 Å². The number of aryl methyl sites for hydroxylation is 1. The van der Waals surface area contributed by atoms with Crippen LogP contribution in [0.3, 0.4) is 0 Å². The van der Waals surface area contributed by atoms with Gasteiger partial charge in [-0.2, -0.15) is 4.31 Å². The van der Waals surface area contributed by atoms with Crippen molar-refractivity contribution in [1.29, 1.82) is 0 Å². The number of sulfonamides is 1. The van der Waals surface area contributed by atoms with Gasteiger partial charge in [-0.15, -0.1) is 0 Å². The first kappa shape index (κ1) is 22.3. The fourth-order valence-electron chi connectivity index (χ4n) is 3.91. The highest BCUT2D eigenvalue weighted by atomic mass is 32.2. The summed E-state index contributed by atoms with van der Waals surface area (Å²) in [6.07, 6.45) is 0.605. The van der Waals surface area contributed by atoms with Gasteiger partial charge in [0, 0.05) is 19.6 Å². The molecule has 0 aliphatic carbocycles. The van der Waals surface area contributed by atoms with E-state index in [9.17, 15) is 18.0 Å². The van der Waals surface area contributed by atoms with E-state index >= 15 is 0 Å². The van der Waals surface area contributed by atoms with Crippen LogP contribution in [0.15, 0.2) is 47.4 Å². The zero-order valence-corrected chi connectivity index (χ0v) is 18.9. The molecular formula is C23H27N3O5S. The van der Waals surface area contributed by atoms with Gasteiger partial charge in [-0.05, 0) is 50.5 Å². The minimum atomic E-state index is -3.82. The van der Waals surface area contributed by atoms with Gasteiger partial charge < -0.3 is 15.4 Å². The molecule has 2 aromatic carbocycles. The van der Waals surface area contributed by atoms with Crippen molar-refractivity contribution in [2.24, 2.45) is 5.92 Å². The quantitative estimate of drug-likeness (QED) is 0.718. The molecule has 0 unspecified atom stereocenters. The number of hydrogen-bond donors (Lipinski definition) is 2. The molecule has 2 atom stereocenters. The Bertz CT molecular complexity index is 1130. The molecule has 2 N–H and O–H groups in total. The van der Waals surface area contributed by atoms with E-state index in [2.05, 4.69) is 10.6 Å². The number of amides is 2. The van der Waals surface area contributed by atoms with Crippen molar-refractivity contribution in [3.05, 3.63) is 53.6 Å². The smallest absolute Gasteiger partial charge is 0.265 e. The SMILES string of the molecule is Cc1ccc(CNC(=O)[C@H]2CCCN(S(=O)(=O)c3ccc4c(c3)NC(=O)[C@H](C)O4)C2)cc1. The van der Waals surface area contributed by atoms with Gasteiger partial charge >= 0.3 is 0 Å². The summed E-state index contributed by atoms with van der Waals surface area (Å²) in [5.74, 6) is -0.450. The Morgan fingerprint density at radius 1 is 1.22 bits per heavy atom. The van der Waals surface area contributed by atoms with Crippen LogP contribution in [0.4, 0.5) is 5.69 Å². The molecule has 2 aliphatic rings. The Hall–Kier alpha value is -2.91. The second-order valence-electron chi connectivity index (χ2n) is 8.31. The molecule has 32 heavy (non-hydrogen) atoms. The predicted octanol–water partition coefficient (Wildman–Crippen LogP) is 2.43. The van der Waals surface area contributed by atoms with Crippen LogP contribution in [-0.2, 0) is 26.2 Å². The first-order chi connectivity index (χ1) is 15.2. The minimum absolute atomic E-state index is 0.0652. The maximum Gasteiger partial charge on any atom is 0.265 e. The van der Waals surface area contributed by atoms with E-state index in [1.165, 1.54) is 16.4 Å². The first-order valence-electron chi connectivity index (χ1n) is 10.7. The van der Waals surface area contributed by atoms with Gasteiger partial charge in [-0.25, -0.2) is 8.42 Å². The molecule has 2 amide bonds. The van der Waals surface area contributed by atoms with E-state index in [1.807, 2.05) is 31.2 Å². The van der Waals surface area contributed by atoms with Crippen molar-refractivity contribution in [2.45, 2.75) is 44.2 Å². The lowest BCUT2D eigenvalue weighted by molar-refractivity contribution is -0.126. The molecule has 0 aromatic heterocycles. The van der Waals surface area contributed by atoms with Crippen molar-refractivity contribution >= 4 is 27.5 Å². The van der Waals surface area contributed by atoms with Crippen molar-refractivity contribution in [2.75, 3.05) is 18.4 Å². The summed E-state index contributed by atoms with van der Waals surface area (Å²) in [5.41, 5.74) is 2.48. The van der Waals surface area contributed by atoms with Gasteiger partial charge in [0.05, 0.1) is 16.5 Å². The third kappa shape index (κ3) is 4.63. The van der Waals surface area contributed by atoms with E-state index in [0.29, 0.717) is 37.4 Å². The van der Waals surface area contributed by atoms with Crippen LogP contribution in [0.2, 0.25) is 0 Å². The lowest BCUT2D eigenvalue weighted by Crippen LogP contribution is -2.45. The second kappa shape index (κ2) is 8.91. The van der Waals surface area contributed by atoms with Gasteiger partial charge in [0.2, 0.25) is 15.9 Å². The third-order valence-corrected chi connectivity index (χ3v) is 7.72. The number of carbonyl (C=O) groups is 2. The predicted molar refractivity (Wildman–Crippen MR) is 120 cm³/mol. The molecule has 4 rings (SSSR count). The Labute approximate surface area is 188 Å². The van der Waals surface area contributed by atoms with Gasteiger partial charge in [-0.1, -0.05) is 29.8 Å². The van der Waals surface area contributed by atoms with Crippen LogP contribution >= 0.6 is 0 Å². The normalized spacial score (nSPS) is 21.2. The Morgan fingerprint density at radius 2 is 1.97 bits per heavy atom. The van der Waals surface area contributed by atoms with Gasteiger partial charge in [0.1, 0.15) is 5.75 Å². The molecule has 170 valence electrons. The summed E-state index contributed by atoms with van der Waals surface area (Å²) in [4.78, 5) is 24.7. The summed E-state index contributed by atoms with van der Waals surface area (Å²) in [6, 6.07) is 12.3. The number of piperidine rings is 1. The Balaban J connectivity index is 1.44. The summed E-state index contributed by atoms with van der Waals surface area (Å²) in [6.45, 7) is 4.51. The molecule has 1 fully saturated rings. The van der Waals surface area contributed by atoms with Crippen LogP contribution in [0.25, 0.3) is 0 Å². The first-order valence-corrected chi connectivity index (χ1v) is 12.1. The standard InChI is InChI=1S/C23H27N3O5S/c1-15-5-7-17(8-6-15)13-24-23(28)18-4-3-11-26(14-18)32(29,30)19-9-10-21-20(12-19)25-22(27)16(2)31-21/h5-10,12,16,18H,3-4,11,13-14H2,1-2H3,(H,24,28)(H,25,27)/t16-,18-/m0/s1. The Kier molecular flexibility index (Phi) is 6.21. The number of nitrogens with one attached hydrogen (secondary N) is 2. The number of benzene rings is 2. The van der Waals surface area contributed by atoms with Gasteiger partial charge in [0.25, 0.3) is 5.91 Å². The van der Waals surface area contributed by atoms with E-state index in [1.54, 1.807) is 13.0 Å². The Morgan fingerprint density at radius 3 is 2.72 bits per heavy atom. The number of hydrogen-bond acceptors (Lipinski definition) is 5. The summed E-state index contributed by atoms with van der Waals surface area (Å²) < 4.78 is 33.3. The lowest BCUT2D eigenvalue weighted by Gasteiger charge is -2.31. The summed E-state index contributed by atoms with van der Waals surface area (Å²) >= 11 is 0. The molecule has 0 spiro atoms. The largest absolute Gasteiger partial charge is 0.479 e. The maximum absolute atomic E-state index is 13.2. The number of nitrogens with zero attached hydrogens (tertiary/aromatic N) is 1. The van der Waals surface area contributed by atoms with E-state index < -0.39 is 22.0 Å². The zero-order chi connectivity index (χ0) is 22.9.